The number of hydrogen-bond donors (Lipinski definition) is 5. The molecule has 0 saturated heterocycles. The van der Waals surface area contributed by atoms with E-state index in [4.69, 9.17) is 16.3 Å². The average Bonchev–Trinajstić information content (AvgIpc) is 2.86. The number of hydrogen-bond acceptors (Lipinski definition) is 6. The normalized spacial score (nSPS) is 16.8. The van der Waals surface area contributed by atoms with Crippen molar-refractivity contribution in [3.05, 3.63) is 23.8 Å². The van der Waals surface area contributed by atoms with Gasteiger partial charge in [-0.15, -0.1) is 11.6 Å². The number of ether oxygens (including phenoxy) is 1. The fourth-order valence-corrected chi connectivity index (χ4v) is 4.79. The van der Waals surface area contributed by atoms with E-state index < -0.39 is 47.0 Å². The van der Waals surface area contributed by atoms with E-state index in [1.807, 2.05) is 26.8 Å². The van der Waals surface area contributed by atoms with E-state index >= 15 is 0 Å². The second-order valence-electron chi connectivity index (χ2n) is 12.3. The van der Waals surface area contributed by atoms with E-state index in [0.717, 1.165) is 5.56 Å². The third-order valence-corrected chi connectivity index (χ3v) is 6.89. The van der Waals surface area contributed by atoms with Gasteiger partial charge in [-0.2, -0.15) is 0 Å². The summed E-state index contributed by atoms with van der Waals surface area (Å²) < 4.78 is 5.35. The summed E-state index contributed by atoms with van der Waals surface area (Å²) in [6.07, 6.45) is 1.49. The molecule has 0 saturated carbocycles. The minimum absolute atomic E-state index is 0.0446. The van der Waals surface area contributed by atoms with Gasteiger partial charge in [0.1, 0.15) is 23.2 Å². The van der Waals surface area contributed by atoms with Gasteiger partial charge in [0, 0.05) is 18.7 Å². The van der Waals surface area contributed by atoms with Crippen LogP contribution in [0.2, 0.25) is 0 Å². The number of alkyl carbamates (subject to hydrolysis) is 1. The summed E-state index contributed by atoms with van der Waals surface area (Å²) in [6.45, 7) is 12.5. The maximum Gasteiger partial charge on any atom is 0.408 e. The highest BCUT2D eigenvalue weighted by molar-refractivity contribution is 6.18. The van der Waals surface area contributed by atoms with E-state index in [1.54, 1.807) is 39.8 Å². The Morgan fingerprint density at radius 2 is 1.83 bits per heavy atom. The van der Waals surface area contributed by atoms with Gasteiger partial charge < -0.3 is 31.3 Å². The average molecular weight is 608 g/mol. The van der Waals surface area contributed by atoms with Crippen LogP contribution in [0.3, 0.4) is 0 Å². The highest BCUT2D eigenvalue weighted by Gasteiger charge is 2.39. The number of fused-ring (bicyclic) bond motifs is 1. The summed E-state index contributed by atoms with van der Waals surface area (Å²) in [5.41, 5.74) is -0.357. The summed E-state index contributed by atoms with van der Waals surface area (Å²) >= 11 is 5.68. The minimum Gasteiger partial charge on any atom is -0.444 e. The zero-order chi connectivity index (χ0) is 31.7. The topological polar surface area (TPSA) is 155 Å². The standard InChI is InChI=1S/C30H46ClN5O6/c1-8-14-30(7,36-28(41)42-29(4,5)6)27(40)34-21(16-18(2)3)25(38)33-22-17-19-11-9-12-20(24(19)35-26(22)39)32-23(37)13-10-15-31/h9,11-12,18,21-22H,8,10,13-17H2,1-7H3,(H,32,37)(H,33,38)(H,34,40)(H,35,39)(H,36,41)/t21-,22?,30?/m1/s1. The molecule has 0 spiro atoms. The SMILES string of the molecule is CCCC(C)(NC(=O)OC(C)(C)C)C(=O)N[C@H](CC(C)C)C(=O)NC1Cc2cccc(NC(=O)CCCCl)c2NC1=O. The Bertz CT molecular complexity index is 1150. The maximum absolute atomic E-state index is 13.5. The van der Waals surface area contributed by atoms with Gasteiger partial charge in [-0.1, -0.05) is 39.3 Å². The highest BCUT2D eigenvalue weighted by Crippen LogP contribution is 2.31. The van der Waals surface area contributed by atoms with Crippen LogP contribution in [0.5, 0.6) is 0 Å². The number of nitrogens with one attached hydrogen (secondary N) is 5. The molecule has 2 rings (SSSR count). The van der Waals surface area contributed by atoms with Crippen LogP contribution >= 0.6 is 11.6 Å². The summed E-state index contributed by atoms with van der Waals surface area (Å²) in [5.74, 6) is -1.27. The van der Waals surface area contributed by atoms with Crippen LogP contribution in [0.25, 0.3) is 0 Å². The van der Waals surface area contributed by atoms with Crippen molar-refractivity contribution in [3.63, 3.8) is 0 Å². The first-order chi connectivity index (χ1) is 19.6. The summed E-state index contributed by atoms with van der Waals surface area (Å²) in [7, 11) is 0. The Balaban J connectivity index is 2.18. The van der Waals surface area contributed by atoms with Crippen LogP contribution < -0.4 is 26.6 Å². The van der Waals surface area contributed by atoms with Crippen molar-refractivity contribution >= 4 is 52.7 Å². The molecule has 0 fully saturated rings. The number of carbonyl (C=O) groups is 5. The molecule has 1 aliphatic heterocycles. The van der Waals surface area contributed by atoms with Crippen molar-refractivity contribution in [2.24, 2.45) is 5.92 Å². The van der Waals surface area contributed by atoms with Gasteiger partial charge in [0.2, 0.25) is 23.6 Å². The monoisotopic (exact) mass is 607 g/mol. The molecule has 5 N–H and O–H groups in total. The fourth-order valence-electron chi connectivity index (χ4n) is 4.66. The number of alkyl halides is 1. The lowest BCUT2D eigenvalue weighted by atomic mass is 9.93. The highest BCUT2D eigenvalue weighted by atomic mass is 35.5. The van der Waals surface area contributed by atoms with Gasteiger partial charge >= 0.3 is 6.09 Å². The first-order valence-electron chi connectivity index (χ1n) is 14.5. The molecule has 2 unspecified atom stereocenters. The molecule has 1 aromatic rings. The van der Waals surface area contributed by atoms with E-state index in [0.29, 0.717) is 42.9 Å². The Labute approximate surface area is 253 Å². The Kier molecular flexibility index (Phi) is 12.6. The second-order valence-corrected chi connectivity index (χ2v) is 12.7. The lowest BCUT2D eigenvalue weighted by Crippen LogP contribution is -2.62. The summed E-state index contributed by atoms with van der Waals surface area (Å²) in [5, 5.41) is 13.9. The van der Waals surface area contributed by atoms with Gasteiger partial charge in [-0.25, -0.2) is 4.79 Å². The third-order valence-electron chi connectivity index (χ3n) is 6.62. The van der Waals surface area contributed by atoms with Gasteiger partial charge in [0.15, 0.2) is 0 Å². The molecule has 1 aliphatic rings. The number of halogens is 1. The van der Waals surface area contributed by atoms with Crippen LogP contribution in [0.1, 0.15) is 86.1 Å². The van der Waals surface area contributed by atoms with Crippen LogP contribution in [-0.4, -0.2) is 58.8 Å². The van der Waals surface area contributed by atoms with Crippen molar-refractivity contribution in [2.45, 2.75) is 110 Å². The molecule has 0 aliphatic carbocycles. The van der Waals surface area contributed by atoms with Crippen LogP contribution in [0.15, 0.2) is 18.2 Å². The Morgan fingerprint density at radius 3 is 2.43 bits per heavy atom. The second kappa shape index (κ2) is 15.2. The number of rotatable bonds is 13. The van der Waals surface area contributed by atoms with Crippen LogP contribution in [-0.2, 0) is 30.3 Å². The van der Waals surface area contributed by atoms with Crippen molar-refractivity contribution in [1.82, 2.24) is 16.0 Å². The molecular formula is C30H46ClN5O6. The molecule has 0 radical (unpaired) electrons. The number of para-hydroxylation sites is 1. The predicted molar refractivity (Wildman–Crippen MR) is 163 cm³/mol. The largest absolute Gasteiger partial charge is 0.444 e. The van der Waals surface area contributed by atoms with E-state index in [-0.39, 0.29) is 24.7 Å². The Morgan fingerprint density at radius 1 is 1.14 bits per heavy atom. The lowest BCUT2D eigenvalue weighted by Gasteiger charge is -2.33. The lowest BCUT2D eigenvalue weighted by molar-refractivity contribution is -0.134. The minimum atomic E-state index is -1.32. The molecule has 11 nitrogen and oxygen atoms in total. The predicted octanol–water partition coefficient (Wildman–Crippen LogP) is 4.24. The zero-order valence-corrected chi connectivity index (χ0v) is 26.5. The summed E-state index contributed by atoms with van der Waals surface area (Å²) in [4.78, 5) is 64.7. The van der Waals surface area contributed by atoms with Gasteiger partial charge in [-0.3, -0.25) is 19.2 Å². The van der Waals surface area contributed by atoms with E-state index in [1.165, 1.54) is 0 Å². The molecule has 5 amide bonds. The Hall–Kier alpha value is -3.34. The number of carbonyl (C=O) groups excluding carboxylic acids is 5. The van der Waals surface area contributed by atoms with Crippen molar-refractivity contribution in [2.75, 3.05) is 16.5 Å². The molecule has 0 bridgehead atoms. The first-order valence-corrected chi connectivity index (χ1v) is 15.0. The van der Waals surface area contributed by atoms with Gasteiger partial charge in [-0.05, 0) is 64.5 Å². The van der Waals surface area contributed by atoms with Crippen LogP contribution in [0.4, 0.5) is 16.2 Å². The molecule has 42 heavy (non-hydrogen) atoms. The zero-order valence-electron chi connectivity index (χ0n) is 25.7. The molecular weight excluding hydrogens is 562 g/mol. The van der Waals surface area contributed by atoms with Gasteiger partial charge in [0.25, 0.3) is 0 Å². The van der Waals surface area contributed by atoms with Crippen molar-refractivity contribution in [1.29, 1.82) is 0 Å². The maximum atomic E-state index is 13.5. The van der Waals surface area contributed by atoms with Gasteiger partial charge in [0.05, 0.1) is 11.4 Å². The molecule has 234 valence electrons. The number of benzene rings is 1. The smallest absolute Gasteiger partial charge is 0.408 e. The number of anilines is 2. The molecule has 12 heteroatoms. The number of amides is 5. The van der Waals surface area contributed by atoms with Crippen molar-refractivity contribution < 1.29 is 28.7 Å². The molecule has 0 aromatic heterocycles. The molecule has 1 heterocycles. The molecule has 1 aromatic carbocycles. The van der Waals surface area contributed by atoms with Crippen LogP contribution in [0, 0.1) is 5.92 Å². The van der Waals surface area contributed by atoms with E-state index in [2.05, 4.69) is 26.6 Å². The first kappa shape index (κ1) is 34.9. The van der Waals surface area contributed by atoms with Crippen molar-refractivity contribution in [3.8, 4) is 0 Å². The van der Waals surface area contributed by atoms with E-state index in [9.17, 15) is 24.0 Å². The summed E-state index contributed by atoms with van der Waals surface area (Å²) in [6, 6.07) is 3.44. The fraction of sp³-hybridized carbons (Fsp3) is 0.633. The third kappa shape index (κ3) is 10.5. The quantitative estimate of drug-likeness (QED) is 0.211. The molecule has 3 atom stereocenters.